The third-order valence-corrected chi connectivity index (χ3v) is 4.56. The maximum Gasteiger partial charge on any atom is 0.222 e. The molecule has 3 rings (SSSR count). The molecular weight excluding hydrogens is 288 g/mol. The largest absolute Gasteiger partial charge is 0.381 e. The van der Waals surface area contributed by atoms with Gasteiger partial charge in [-0.1, -0.05) is 66.7 Å². The van der Waals surface area contributed by atoms with Gasteiger partial charge in [0.05, 0.1) is 0 Å². The number of benzene rings is 2. The third-order valence-electron chi connectivity index (χ3n) is 4.56. The molecule has 0 saturated heterocycles. The van der Waals surface area contributed by atoms with Crippen LogP contribution in [0.3, 0.4) is 0 Å². The number of rotatable bonds is 5. The Kier molecular flexibility index (Phi) is 4.35. The van der Waals surface area contributed by atoms with Gasteiger partial charge in [-0.25, -0.2) is 0 Å². The molecule has 1 aliphatic rings. The van der Waals surface area contributed by atoms with Crippen molar-refractivity contribution in [2.75, 3.05) is 14.2 Å². The SMILES string of the molecule is COC(OC)(c1ccccc1)c1ccccc1C1(O)C=CCC1. The van der Waals surface area contributed by atoms with Gasteiger partial charge < -0.3 is 14.6 Å². The first-order chi connectivity index (χ1) is 11.2. The smallest absolute Gasteiger partial charge is 0.222 e. The van der Waals surface area contributed by atoms with Crippen molar-refractivity contribution in [1.29, 1.82) is 0 Å². The molecule has 0 bridgehead atoms. The summed E-state index contributed by atoms with van der Waals surface area (Å²) in [6.07, 6.45) is 5.42. The van der Waals surface area contributed by atoms with E-state index in [1.165, 1.54) is 0 Å². The molecule has 0 aliphatic heterocycles. The molecule has 0 aromatic heterocycles. The van der Waals surface area contributed by atoms with E-state index in [2.05, 4.69) is 0 Å². The molecular formula is C20H22O3. The fourth-order valence-corrected chi connectivity index (χ4v) is 3.39. The second-order valence-corrected chi connectivity index (χ2v) is 5.80. The average molecular weight is 310 g/mol. The highest BCUT2D eigenvalue weighted by Crippen LogP contribution is 2.42. The Morgan fingerprint density at radius 1 is 0.957 bits per heavy atom. The Morgan fingerprint density at radius 3 is 2.22 bits per heavy atom. The van der Waals surface area contributed by atoms with E-state index < -0.39 is 11.4 Å². The van der Waals surface area contributed by atoms with Crippen LogP contribution in [0.1, 0.15) is 29.5 Å². The van der Waals surface area contributed by atoms with Crippen molar-refractivity contribution >= 4 is 0 Å². The lowest BCUT2D eigenvalue weighted by molar-refractivity contribution is -0.185. The van der Waals surface area contributed by atoms with E-state index in [9.17, 15) is 5.11 Å². The molecule has 0 heterocycles. The summed E-state index contributed by atoms with van der Waals surface area (Å²) >= 11 is 0. The van der Waals surface area contributed by atoms with Gasteiger partial charge in [-0.15, -0.1) is 0 Å². The zero-order valence-corrected chi connectivity index (χ0v) is 13.5. The highest BCUT2D eigenvalue weighted by molar-refractivity contribution is 5.44. The fraction of sp³-hybridized carbons (Fsp3) is 0.300. The zero-order chi connectivity index (χ0) is 16.3. The standard InChI is InChI=1S/C20H22O3/c1-22-20(23-2,16-10-4-3-5-11-16)18-13-7-6-12-17(18)19(21)14-8-9-15-19/h3-8,10-14,21H,9,15H2,1-2H3. The summed E-state index contributed by atoms with van der Waals surface area (Å²) in [5.41, 5.74) is 1.56. The number of hydrogen-bond donors (Lipinski definition) is 1. The molecule has 0 fully saturated rings. The molecule has 1 unspecified atom stereocenters. The van der Waals surface area contributed by atoms with E-state index in [0.717, 1.165) is 23.1 Å². The lowest BCUT2D eigenvalue weighted by Crippen LogP contribution is -2.36. The van der Waals surface area contributed by atoms with Gasteiger partial charge in [0, 0.05) is 25.3 Å². The minimum absolute atomic E-state index is 0.669. The van der Waals surface area contributed by atoms with Crippen LogP contribution in [-0.2, 0) is 20.9 Å². The molecule has 3 heteroatoms. The van der Waals surface area contributed by atoms with E-state index in [1.54, 1.807) is 14.2 Å². The van der Waals surface area contributed by atoms with Crippen molar-refractivity contribution in [3.63, 3.8) is 0 Å². The third kappa shape index (κ3) is 2.61. The Balaban J connectivity index is 2.21. The van der Waals surface area contributed by atoms with E-state index in [1.807, 2.05) is 66.7 Å². The van der Waals surface area contributed by atoms with Crippen LogP contribution in [0.15, 0.2) is 66.7 Å². The highest BCUT2D eigenvalue weighted by Gasteiger charge is 2.41. The molecule has 120 valence electrons. The second kappa shape index (κ2) is 6.28. The van der Waals surface area contributed by atoms with Gasteiger partial charge in [0.2, 0.25) is 5.79 Å². The molecule has 2 aromatic carbocycles. The van der Waals surface area contributed by atoms with Crippen LogP contribution in [0.25, 0.3) is 0 Å². The van der Waals surface area contributed by atoms with Crippen molar-refractivity contribution < 1.29 is 14.6 Å². The summed E-state index contributed by atoms with van der Waals surface area (Å²) < 4.78 is 11.7. The average Bonchev–Trinajstić information content (AvgIpc) is 3.06. The van der Waals surface area contributed by atoms with Gasteiger partial charge in [0.25, 0.3) is 0 Å². The van der Waals surface area contributed by atoms with E-state index >= 15 is 0 Å². The zero-order valence-electron chi connectivity index (χ0n) is 13.5. The van der Waals surface area contributed by atoms with E-state index in [-0.39, 0.29) is 0 Å². The lowest BCUT2D eigenvalue weighted by atomic mass is 9.84. The van der Waals surface area contributed by atoms with Crippen LogP contribution in [0.4, 0.5) is 0 Å². The minimum atomic E-state index is -1.05. The predicted molar refractivity (Wildman–Crippen MR) is 90.0 cm³/mol. The number of methoxy groups -OCH3 is 2. The predicted octanol–water partition coefficient (Wildman–Crippen LogP) is 3.72. The molecule has 2 aromatic rings. The number of hydrogen-bond acceptors (Lipinski definition) is 3. The monoisotopic (exact) mass is 310 g/mol. The maximum atomic E-state index is 11.0. The molecule has 0 amide bonds. The van der Waals surface area contributed by atoms with Gasteiger partial charge >= 0.3 is 0 Å². The summed E-state index contributed by atoms with van der Waals surface area (Å²) in [5.74, 6) is -1.05. The van der Waals surface area contributed by atoms with Crippen molar-refractivity contribution in [3.05, 3.63) is 83.4 Å². The summed E-state index contributed by atoms with van der Waals surface area (Å²) in [5, 5.41) is 11.0. The van der Waals surface area contributed by atoms with Crippen LogP contribution in [0, 0.1) is 0 Å². The van der Waals surface area contributed by atoms with E-state index in [4.69, 9.17) is 9.47 Å². The summed E-state index contributed by atoms with van der Waals surface area (Å²) in [4.78, 5) is 0. The van der Waals surface area contributed by atoms with Crippen molar-refractivity contribution in [2.45, 2.75) is 24.2 Å². The van der Waals surface area contributed by atoms with Crippen molar-refractivity contribution in [2.24, 2.45) is 0 Å². The number of ether oxygens (including phenoxy) is 2. The molecule has 1 N–H and O–H groups in total. The molecule has 1 atom stereocenters. The summed E-state index contributed by atoms with van der Waals surface area (Å²) in [7, 11) is 3.25. The Bertz CT molecular complexity index is 689. The van der Waals surface area contributed by atoms with Crippen LogP contribution in [0.2, 0.25) is 0 Å². The number of aliphatic hydroxyl groups is 1. The summed E-state index contributed by atoms with van der Waals surface area (Å²) in [6.45, 7) is 0. The quantitative estimate of drug-likeness (QED) is 0.676. The van der Waals surface area contributed by atoms with Gasteiger partial charge in [-0.05, 0) is 18.4 Å². The Morgan fingerprint density at radius 2 is 1.61 bits per heavy atom. The molecule has 0 spiro atoms. The second-order valence-electron chi connectivity index (χ2n) is 5.80. The van der Waals surface area contributed by atoms with E-state index in [0.29, 0.717) is 6.42 Å². The molecule has 0 saturated carbocycles. The highest BCUT2D eigenvalue weighted by atomic mass is 16.7. The first-order valence-electron chi connectivity index (χ1n) is 7.82. The van der Waals surface area contributed by atoms with Gasteiger partial charge in [0.15, 0.2) is 0 Å². The van der Waals surface area contributed by atoms with Crippen LogP contribution in [0.5, 0.6) is 0 Å². The normalized spacial score (nSPS) is 20.8. The van der Waals surface area contributed by atoms with Gasteiger partial charge in [-0.3, -0.25) is 0 Å². The topological polar surface area (TPSA) is 38.7 Å². The molecule has 23 heavy (non-hydrogen) atoms. The van der Waals surface area contributed by atoms with Crippen LogP contribution >= 0.6 is 0 Å². The molecule has 3 nitrogen and oxygen atoms in total. The van der Waals surface area contributed by atoms with Crippen LogP contribution in [-0.4, -0.2) is 19.3 Å². The first kappa shape index (κ1) is 15.9. The first-order valence-corrected chi connectivity index (χ1v) is 7.82. The Hall–Kier alpha value is -1.94. The fourth-order valence-electron chi connectivity index (χ4n) is 3.39. The molecule has 1 aliphatic carbocycles. The molecule has 0 radical (unpaired) electrons. The Labute approximate surface area is 137 Å². The van der Waals surface area contributed by atoms with Gasteiger partial charge in [0.1, 0.15) is 5.60 Å². The van der Waals surface area contributed by atoms with Crippen molar-refractivity contribution in [3.8, 4) is 0 Å². The lowest BCUT2D eigenvalue weighted by Gasteiger charge is -2.36. The van der Waals surface area contributed by atoms with Gasteiger partial charge in [-0.2, -0.15) is 0 Å². The number of allylic oxidation sites excluding steroid dienone is 1. The summed E-state index contributed by atoms with van der Waals surface area (Å²) in [6, 6.07) is 17.6. The minimum Gasteiger partial charge on any atom is -0.381 e. The maximum absolute atomic E-state index is 11.0. The van der Waals surface area contributed by atoms with Crippen molar-refractivity contribution in [1.82, 2.24) is 0 Å². The van der Waals surface area contributed by atoms with Crippen LogP contribution < -0.4 is 0 Å².